The fourth-order valence-electron chi connectivity index (χ4n) is 3.71. The third-order valence-electron chi connectivity index (χ3n) is 5.63. The predicted molar refractivity (Wildman–Crippen MR) is 144 cm³/mol. The molecule has 9 nitrogen and oxygen atoms in total. The highest BCUT2D eigenvalue weighted by atomic mass is 35.5. The number of anilines is 2. The van der Waals surface area contributed by atoms with E-state index in [-0.39, 0.29) is 11.5 Å². The number of amides is 3. The number of methoxy groups -OCH3 is 2. The van der Waals surface area contributed by atoms with E-state index in [0.29, 0.717) is 33.5 Å². The van der Waals surface area contributed by atoms with Gasteiger partial charge < -0.3 is 14.8 Å². The van der Waals surface area contributed by atoms with E-state index in [1.54, 1.807) is 79.9 Å². The minimum Gasteiger partial charge on any atom is -0.497 e. The number of carbonyl (C=O) groups is 3. The molecule has 0 radical (unpaired) electrons. The van der Waals surface area contributed by atoms with Gasteiger partial charge in [-0.1, -0.05) is 11.6 Å². The van der Waals surface area contributed by atoms with Crippen LogP contribution in [0.4, 0.5) is 11.4 Å². The number of ether oxygens (including phenoxy) is 2. The number of halogens is 1. The van der Waals surface area contributed by atoms with E-state index < -0.39 is 23.8 Å². The minimum absolute atomic E-state index is 0.0275. The molecular weight excluding hydrogens is 516 g/mol. The Labute approximate surface area is 223 Å². The van der Waals surface area contributed by atoms with Crippen LogP contribution in [0.1, 0.15) is 16.8 Å². The zero-order chi connectivity index (χ0) is 26.5. The van der Waals surface area contributed by atoms with E-state index in [1.807, 2.05) is 0 Å². The monoisotopic (exact) mass is 538 g/mol. The average Bonchev–Trinajstić information content (AvgIpc) is 3.13. The average molecular weight is 539 g/mol. The van der Waals surface area contributed by atoms with Crippen molar-refractivity contribution in [1.82, 2.24) is 10.4 Å². The van der Waals surface area contributed by atoms with Crippen LogP contribution >= 0.6 is 23.8 Å². The summed E-state index contributed by atoms with van der Waals surface area (Å²) in [6.45, 7) is 0. The van der Waals surface area contributed by atoms with Gasteiger partial charge in [0, 0.05) is 16.3 Å². The molecule has 1 fully saturated rings. The van der Waals surface area contributed by atoms with Crippen LogP contribution in [0.15, 0.2) is 72.8 Å². The molecule has 0 aromatic heterocycles. The Hall–Kier alpha value is -4.15. The molecule has 3 aromatic carbocycles. The molecule has 1 atom stereocenters. The van der Waals surface area contributed by atoms with Gasteiger partial charge in [0.15, 0.2) is 0 Å². The smallest absolute Gasteiger partial charge is 0.269 e. The van der Waals surface area contributed by atoms with Gasteiger partial charge in [-0.05, 0) is 85.0 Å². The van der Waals surface area contributed by atoms with Gasteiger partial charge in [0.1, 0.15) is 17.5 Å². The van der Waals surface area contributed by atoms with E-state index in [1.165, 1.54) is 17.0 Å². The molecule has 0 saturated carbocycles. The topological polar surface area (TPSA) is 100 Å². The van der Waals surface area contributed by atoms with Crippen LogP contribution in [0.3, 0.4) is 0 Å². The van der Waals surface area contributed by atoms with E-state index in [4.69, 9.17) is 33.3 Å². The summed E-state index contributed by atoms with van der Waals surface area (Å²) in [7, 11) is 3.08. The van der Waals surface area contributed by atoms with Gasteiger partial charge in [-0.2, -0.15) is 0 Å². The van der Waals surface area contributed by atoms with Gasteiger partial charge in [-0.15, -0.1) is 0 Å². The first-order valence-corrected chi connectivity index (χ1v) is 11.9. The Morgan fingerprint density at radius 3 is 2.05 bits per heavy atom. The molecule has 1 aliphatic rings. The molecule has 0 aliphatic carbocycles. The number of rotatable bonds is 8. The van der Waals surface area contributed by atoms with Crippen molar-refractivity contribution in [3.63, 3.8) is 0 Å². The molecule has 3 amide bonds. The summed E-state index contributed by atoms with van der Waals surface area (Å²) in [5.41, 5.74) is 3.99. The minimum atomic E-state index is -1.08. The first kappa shape index (κ1) is 25.9. The SMILES string of the molecule is COc1ccc(NC(=O)CC2C(=O)N(c3ccc(OC)cc3)C(=S)N2NC(=O)c2ccc(Cl)cc2)cc1. The number of nitrogens with zero attached hydrogens (tertiary/aromatic N) is 2. The molecule has 190 valence electrons. The van der Waals surface area contributed by atoms with Crippen molar-refractivity contribution in [2.45, 2.75) is 12.5 Å². The normalized spacial score (nSPS) is 14.9. The van der Waals surface area contributed by atoms with E-state index in [2.05, 4.69) is 10.7 Å². The molecule has 2 N–H and O–H groups in total. The standard InChI is InChI=1S/C26H23ClN4O5S/c1-35-20-11-7-18(8-12-20)28-23(32)15-22-25(34)30(19-9-13-21(36-2)14-10-19)26(37)31(22)29-24(33)16-3-5-17(27)6-4-16/h3-14,22H,15H2,1-2H3,(H,28,32)(H,29,33). The van der Waals surface area contributed by atoms with Gasteiger partial charge in [-0.25, -0.2) is 5.01 Å². The van der Waals surface area contributed by atoms with Crippen molar-refractivity contribution in [3.05, 3.63) is 83.4 Å². The van der Waals surface area contributed by atoms with Gasteiger partial charge in [-0.3, -0.25) is 24.7 Å². The van der Waals surface area contributed by atoms with E-state index in [0.717, 1.165) is 0 Å². The Balaban J connectivity index is 1.58. The van der Waals surface area contributed by atoms with Gasteiger partial charge in [0.25, 0.3) is 11.8 Å². The maximum atomic E-state index is 13.5. The Morgan fingerprint density at radius 2 is 1.49 bits per heavy atom. The second kappa shape index (κ2) is 11.3. The fraction of sp³-hybridized carbons (Fsp3) is 0.154. The first-order valence-electron chi connectivity index (χ1n) is 11.1. The lowest BCUT2D eigenvalue weighted by atomic mass is 10.1. The summed E-state index contributed by atoms with van der Waals surface area (Å²) in [6, 6.07) is 18.6. The fourth-order valence-corrected chi connectivity index (χ4v) is 4.20. The largest absolute Gasteiger partial charge is 0.497 e. The third kappa shape index (κ3) is 5.82. The highest BCUT2D eigenvalue weighted by Crippen LogP contribution is 2.28. The van der Waals surface area contributed by atoms with Crippen LogP contribution < -0.4 is 25.1 Å². The van der Waals surface area contributed by atoms with Crippen molar-refractivity contribution in [2.24, 2.45) is 0 Å². The summed E-state index contributed by atoms with van der Waals surface area (Å²) in [5, 5.41) is 4.50. The van der Waals surface area contributed by atoms with Crippen LogP contribution in [-0.2, 0) is 9.59 Å². The molecule has 11 heteroatoms. The van der Waals surface area contributed by atoms with Gasteiger partial charge >= 0.3 is 0 Å². The number of nitrogens with one attached hydrogen (secondary N) is 2. The van der Waals surface area contributed by atoms with Crippen LogP contribution in [0, 0.1) is 0 Å². The van der Waals surface area contributed by atoms with E-state index >= 15 is 0 Å². The molecule has 0 spiro atoms. The molecule has 1 saturated heterocycles. The lowest BCUT2D eigenvalue weighted by molar-refractivity contribution is -0.124. The molecule has 0 bridgehead atoms. The zero-order valence-corrected chi connectivity index (χ0v) is 21.5. The highest BCUT2D eigenvalue weighted by Gasteiger charge is 2.45. The van der Waals surface area contributed by atoms with Crippen molar-refractivity contribution in [2.75, 3.05) is 24.4 Å². The summed E-state index contributed by atoms with van der Waals surface area (Å²) >= 11 is 11.5. The second-order valence-corrected chi connectivity index (χ2v) is 8.77. The molecule has 1 unspecified atom stereocenters. The third-order valence-corrected chi connectivity index (χ3v) is 6.26. The van der Waals surface area contributed by atoms with Crippen molar-refractivity contribution in [3.8, 4) is 11.5 Å². The number of hydrogen-bond acceptors (Lipinski definition) is 6. The van der Waals surface area contributed by atoms with Crippen LogP contribution in [0.5, 0.6) is 11.5 Å². The van der Waals surface area contributed by atoms with Crippen LogP contribution in [0.2, 0.25) is 5.02 Å². The van der Waals surface area contributed by atoms with Crippen molar-refractivity contribution in [1.29, 1.82) is 0 Å². The molecule has 37 heavy (non-hydrogen) atoms. The summed E-state index contributed by atoms with van der Waals surface area (Å²) in [4.78, 5) is 40.7. The maximum Gasteiger partial charge on any atom is 0.269 e. The predicted octanol–water partition coefficient (Wildman–Crippen LogP) is 4.03. The Kier molecular flexibility index (Phi) is 7.90. The molecule has 1 aliphatic heterocycles. The first-order chi connectivity index (χ1) is 17.8. The molecule has 4 rings (SSSR count). The number of carbonyl (C=O) groups excluding carboxylic acids is 3. The Morgan fingerprint density at radius 1 is 0.919 bits per heavy atom. The molecule has 1 heterocycles. The summed E-state index contributed by atoms with van der Waals surface area (Å²) in [6.07, 6.45) is -0.265. The van der Waals surface area contributed by atoms with Crippen molar-refractivity contribution >= 4 is 58.0 Å². The number of thiocarbonyl (C=S) groups is 1. The lowest BCUT2D eigenvalue weighted by Crippen LogP contribution is -2.49. The van der Waals surface area contributed by atoms with Crippen LogP contribution in [0.25, 0.3) is 0 Å². The number of hydrogen-bond donors (Lipinski definition) is 2. The number of hydrazine groups is 1. The summed E-state index contributed by atoms with van der Waals surface area (Å²) < 4.78 is 10.3. The molecular formula is C26H23ClN4O5S. The number of benzene rings is 3. The zero-order valence-electron chi connectivity index (χ0n) is 19.9. The highest BCUT2D eigenvalue weighted by molar-refractivity contribution is 7.80. The Bertz CT molecular complexity index is 1320. The second-order valence-electron chi connectivity index (χ2n) is 7.97. The maximum absolute atomic E-state index is 13.5. The van der Waals surface area contributed by atoms with Gasteiger partial charge in [0.2, 0.25) is 11.0 Å². The van der Waals surface area contributed by atoms with E-state index in [9.17, 15) is 14.4 Å². The lowest BCUT2D eigenvalue weighted by Gasteiger charge is -2.24. The quantitative estimate of drug-likeness (QED) is 0.418. The summed E-state index contributed by atoms with van der Waals surface area (Å²) in [5.74, 6) is -0.167. The van der Waals surface area contributed by atoms with Gasteiger partial charge in [0.05, 0.1) is 26.3 Å². The van der Waals surface area contributed by atoms with Crippen LogP contribution in [-0.4, -0.2) is 48.1 Å². The van der Waals surface area contributed by atoms with Crippen molar-refractivity contribution < 1.29 is 23.9 Å². The molecule has 3 aromatic rings.